The molecule has 1 aromatic carbocycles. The van der Waals surface area contributed by atoms with E-state index in [1.807, 2.05) is 6.07 Å². The number of hydrogen-bond acceptors (Lipinski definition) is 3. The lowest BCUT2D eigenvalue weighted by atomic mass is 10.0. The van der Waals surface area contributed by atoms with Crippen molar-refractivity contribution >= 4 is 11.6 Å². The third kappa shape index (κ3) is 3.05. The standard InChI is InChI=1S/C13H14FN3O/c14-11-1-2-12(10(6-11)7-15)17-13(18)5-9-3-4-16-8-9/h1-2,6,9,16H,3-5,8H2,(H,17,18). The predicted molar refractivity (Wildman–Crippen MR) is 65.3 cm³/mol. The summed E-state index contributed by atoms with van der Waals surface area (Å²) in [5, 5.41) is 14.7. The first kappa shape index (κ1) is 12.5. The molecule has 0 radical (unpaired) electrons. The van der Waals surface area contributed by atoms with Crippen LogP contribution >= 0.6 is 0 Å². The Balaban J connectivity index is 2.00. The summed E-state index contributed by atoms with van der Waals surface area (Å²) in [6.45, 7) is 1.79. The van der Waals surface area contributed by atoms with Gasteiger partial charge < -0.3 is 10.6 Å². The van der Waals surface area contributed by atoms with E-state index in [1.165, 1.54) is 12.1 Å². The second-order valence-corrected chi connectivity index (χ2v) is 4.41. The van der Waals surface area contributed by atoms with Crippen molar-refractivity contribution in [2.75, 3.05) is 18.4 Å². The Labute approximate surface area is 105 Å². The van der Waals surface area contributed by atoms with E-state index in [1.54, 1.807) is 0 Å². The fraction of sp³-hybridized carbons (Fsp3) is 0.385. The van der Waals surface area contributed by atoms with Crippen molar-refractivity contribution in [3.63, 3.8) is 0 Å². The molecule has 18 heavy (non-hydrogen) atoms. The van der Waals surface area contributed by atoms with Crippen LogP contribution in [0.1, 0.15) is 18.4 Å². The van der Waals surface area contributed by atoms with Gasteiger partial charge in [-0.05, 0) is 43.6 Å². The first-order chi connectivity index (χ1) is 8.69. The molecule has 1 unspecified atom stereocenters. The molecule has 0 aliphatic carbocycles. The number of benzene rings is 1. The summed E-state index contributed by atoms with van der Waals surface area (Å²) in [5.41, 5.74) is 0.516. The van der Waals surface area contributed by atoms with Crippen molar-refractivity contribution in [1.29, 1.82) is 5.26 Å². The van der Waals surface area contributed by atoms with Crippen LogP contribution in [0.25, 0.3) is 0 Å². The first-order valence-corrected chi connectivity index (χ1v) is 5.89. The van der Waals surface area contributed by atoms with Crippen LogP contribution < -0.4 is 10.6 Å². The van der Waals surface area contributed by atoms with Gasteiger partial charge in [0.15, 0.2) is 0 Å². The zero-order valence-corrected chi connectivity index (χ0v) is 9.87. The highest BCUT2D eigenvalue weighted by Crippen LogP contribution is 2.18. The summed E-state index contributed by atoms with van der Waals surface area (Å²) >= 11 is 0. The Morgan fingerprint density at radius 3 is 3.11 bits per heavy atom. The minimum Gasteiger partial charge on any atom is -0.325 e. The summed E-state index contributed by atoms with van der Waals surface area (Å²) in [6, 6.07) is 5.63. The zero-order chi connectivity index (χ0) is 13.0. The quantitative estimate of drug-likeness (QED) is 0.853. The van der Waals surface area contributed by atoms with E-state index in [0.717, 1.165) is 25.6 Å². The molecule has 0 spiro atoms. The number of halogens is 1. The van der Waals surface area contributed by atoms with Crippen LogP contribution in [0.4, 0.5) is 10.1 Å². The third-order valence-corrected chi connectivity index (χ3v) is 3.01. The number of carbonyl (C=O) groups excluding carboxylic acids is 1. The van der Waals surface area contributed by atoms with Crippen molar-refractivity contribution in [2.45, 2.75) is 12.8 Å². The molecule has 2 N–H and O–H groups in total. The predicted octanol–water partition coefficient (Wildman–Crippen LogP) is 1.64. The summed E-state index contributed by atoms with van der Waals surface area (Å²) in [7, 11) is 0. The number of rotatable bonds is 3. The van der Waals surface area contributed by atoms with Gasteiger partial charge in [0.1, 0.15) is 11.9 Å². The minimum atomic E-state index is -0.482. The zero-order valence-electron chi connectivity index (χ0n) is 9.87. The second-order valence-electron chi connectivity index (χ2n) is 4.41. The van der Waals surface area contributed by atoms with Gasteiger partial charge in [0.25, 0.3) is 0 Å². The molecule has 1 aliphatic heterocycles. The van der Waals surface area contributed by atoms with Crippen LogP contribution in [0.15, 0.2) is 18.2 Å². The largest absolute Gasteiger partial charge is 0.325 e. The average molecular weight is 247 g/mol. The number of nitriles is 1. The molecule has 0 bridgehead atoms. The molecular formula is C13H14FN3O. The number of hydrogen-bond donors (Lipinski definition) is 2. The summed E-state index contributed by atoms with van der Waals surface area (Å²) < 4.78 is 12.9. The van der Waals surface area contributed by atoms with Crippen LogP contribution in [-0.2, 0) is 4.79 Å². The van der Waals surface area contributed by atoms with Crippen LogP contribution in [0.3, 0.4) is 0 Å². The number of carbonyl (C=O) groups is 1. The van der Waals surface area contributed by atoms with Gasteiger partial charge in [0, 0.05) is 6.42 Å². The Morgan fingerprint density at radius 2 is 2.44 bits per heavy atom. The van der Waals surface area contributed by atoms with Crippen molar-refractivity contribution in [3.05, 3.63) is 29.6 Å². The van der Waals surface area contributed by atoms with Gasteiger partial charge in [0.2, 0.25) is 5.91 Å². The fourth-order valence-corrected chi connectivity index (χ4v) is 2.07. The maximum Gasteiger partial charge on any atom is 0.224 e. The Morgan fingerprint density at radius 1 is 1.61 bits per heavy atom. The number of nitrogens with zero attached hydrogens (tertiary/aromatic N) is 1. The molecule has 0 aromatic heterocycles. The van der Waals surface area contributed by atoms with Crippen LogP contribution in [0.2, 0.25) is 0 Å². The smallest absolute Gasteiger partial charge is 0.224 e. The number of amides is 1. The maximum atomic E-state index is 12.9. The van der Waals surface area contributed by atoms with E-state index < -0.39 is 5.82 Å². The van der Waals surface area contributed by atoms with Gasteiger partial charge in [-0.15, -0.1) is 0 Å². The normalized spacial score (nSPS) is 18.3. The van der Waals surface area contributed by atoms with Crippen LogP contribution in [0, 0.1) is 23.1 Å². The molecule has 1 aromatic rings. The van der Waals surface area contributed by atoms with Gasteiger partial charge in [-0.3, -0.25) is 4.79 Å². The van der Waals surface area contributed by atoms with Crippen molar-refractivity contribution < 1.29 is 9.18 Å². The SMILES string of the molecule is N#Cc1cc(F)ccc1NC(=O)CC1CCNC1. The minimum absolute atomic E-state index is 0.133. The summed E-state index contributed by atoms with van der Waals surface area (Å²) in [5.74, 6) is -0.271. The fourth-order valence-electron chi connectivity index (χ4n) is 2.07. The molecule has 1 aliphatic rings. The molecule has 0 saturated carbocycles. The lowest BCUT2D eigenvalue weighted by Crippen LogP contribution is -2.18. The molecular weight excluding hydrogens is 233 g/mol. The highest BCUT2D eigenvalue weighted by atomic mass is 19.1. The highest BCUT2D eigenvalue weighted by Gasteiger charge is 2.18. The van der Waals surface area contributed by atoms with Gasteiger partial charge in [0.05, 0.1) is 11.3 Å². The van der Waals surface area contributed by atoms with Crippen molar-refractivity contribution in [1.82, 2.24) is 5.32 Å². The lowest BCUT2D eigenvalue weighted by molar-refractivity contribution is -0.116. The molecule has 4 nitrogen and oxygen atoms in total. The Bertz CT molecular complexity index is 489. The second kappa shape index (κ2) is 5.61. The van der Waals surface area contributed by atoms with E-state index >= 15 is 0 Å². The summed E-state index contributed by atoms with van der Waals surface area (Å²) in [6.07, 6.45) is 1.41. The van der Waals surface area contributed by atoms with E-state index in [2.05, 4.69) is 10.6 Å². The van der Waals surface area contributed by atoms with Crippen LogP contribution in [0.5, 0.6) is 0 Å². The Kier molecular flexibility index (Phi) is 3.90. The average Bonchev–Trinajstić information content (AvgIpc) is 2.84. The molecule has 2 rings (SSSR count). The number of nitrogens with one attached hydrogen (secondary N) is 2. The molecule has 1 atom stereocenters. The van der Waals surface area contributed by atoms with E-state index in [-0.39, 0.29) is 11.5 Å². The van der Waals surface area contributed by atoms with Gasteiger partial charge in [-0.1, -0.05) is 0 Å². The topological polar surface area (TPSA) is 64.9 Å². The highest BCUT2D eigenvalue weighted by molar-refractivity contribution is 5.92. The monoisotopic (exact) mass is 247 g/mol. The molecule has 5 heteroatoms. The number of anilines is 1. The third-order valence-electron chi connectivity index (χ3n) is 3.01. The molecule has 94 valence electrons. The van der Waals surface area contributed by atoms with Crippen LogP contribution in [-0.4, -0.2) is 19.0 Å². The van der Waals surface area contributed by atoms with Gasteiger partial charge in [-0.2, -0.15) is 5.26 Å². The summed E-state index contributed by atoms with van der Waals surface area (Å²) in [4.78, 5) is 11.8. The first-order valence-electron chi connectivity index (χ1n) is 5.89. The van der Waals surface area contributed by atoms with Gasteiger partial charge in [-0.25, -0.2) is 4.39 Å². The van der Waals surface area contributed by atoms with Gasteiger partial charge >= 0.3 is 0 Å². The Hall–Kier alpha value is -1.93. The van der Waals surface area contributed by atoms with E-state index in [0.29, 0.717) is 18.0 Å². The van der Waals surface area contributed by atoms with E-state index in [4.69, 9.17) is 5.26 Å². The van der Waals surface area contributed by atoms with Crippen molar-refractivity contribution in [3.8, 4) is 6.07 Å². The molecule has 1 saturated heterocycles. The molecule has 1 amide bonds. The van der Waals surface area contributed by atoms with Crippen molar-refractivity contribution in [2.24, 2.45) is 5.92 Å². The maximum absolute atomic E-state index is 12.9. The van der Waals surface area contributed by atoms with E-state index in [9.17, 15) is 9.18 Å². The lowest BCUT2D eigenvalue weighted by Gasteiger charge is -2.10. The molecule has 1 fully saturated rings. The molecule has 1 heterocycles.